The lowest BCUT2D eigenvalue weighted by Crippen LogP contribution is -2.42. The summed E-state index contributed by atoms with van der Waals surface area (Å²) < 4.78 is 45.7. The molecule has 4 rings (SSSR count). The monoisotopic (exact) mass is 575 g/mol. The lowest BCUT2D eigenvalue weighted by molar-refractivity contribution is -0.140. The maximum absolute atomic E-state index is 13.5. The molecule has 1 fully saturated rings. The van der Waals surface area contributed by atoms with E-state index in [0.717, 1.165) is 79.7 Å². The Bertz CT molecular complexity index is 1320. The first-order chi connectivity index (χ1) is 19.1. The Labute approximate surface area is 237 Å². The van der Waals surface area contributed by atoms with Crippen LogP contribution >= 0.6 is 11.8 Å². The lowest BCUT2D eigenvalue weighted by atomic mass is 9.72. The minimum atomic E-state index is -1.45. The van der Waals surface area contributed by atoms with E-state index >= 15 is 0 Å². The predicted molar refractivity (Wildman–Crippen MR) is 153 cm³/mol. The number of hydrogen-bond acceptors (Lipinski definition) is 6. The number of benzene rings is 2. The quantitative estimate of drug-likeness (QED) is 0.198. The van der Waals surface area contributed by atoms with Gasteiger partial charge in [-0.15, -0.1) is 11.8 Å². The molecule has 3 aromatic rings. The second-order valence-electron chi connectivity index (χ2n) is 10.7. The molecule has 0 atom stereocenters. The molecule has 10 heteroatoms. The first-order valence-corrected chi connectivity index (χ1v) is 14.4. The topological polar surface area (TPSA) is 65.9 Å². The third-order valence-corrected chi connectivity index (χ3v) is 8.81. The average Bonchev–Trinajstić information content (AvgIpc) is 2.92. The molecule has 2 heterocycles. The second-order valence-corrected chi connectivity index (χ2v) is 11.9. The number of carboxylic acids is 1. The standard InChI is InChI=1S/C30H36F3N3O3S/c1-35(2)27-19-34-26-7-6-20(39-3)15-23(26)22(27)5-4-8-30(18-28(37)38)9-11-36(12-10-30)13-14-40-21-16-24(31)29(33)25(32)17-21/h6-7,15-17,19H,4-5,8-14,18H2,1-3H3,(H,37,38). The molecule has 0 saturated carbocycles. The van der Waals surface area contributed by atoms with Crippen LogP contribution in [0.3, 0.4) is 0 Å². The van der Waals surface area contributed by atoms with Gasteiger partial charge in [0, 0.05) is 36.7 Å². The third-order valence-electron chi connectivity index (χ3n) is 7.86. The molecule has 0 spiro atoms. The summed E-state index contributed by atoms with van der Waals surface area (Å²) >= 11 is 1.28. The summed E-state index contributed by atoms with van der Waals surface area (Å²) in [7, 11) is 5.64. The summed E-state index contributed by atoms with van der Waals surface area (Å²) in [5.74, 6) is -3.23. The summed E-state index contributed by atoms with van der Waals surface area (Å²) in [4.78, 5) is 21.1. The maximum atomic E-state index is 13.5. The number of fused-ring (bicyclic) bond motifs is 1. The lowest BCUT2D eigenvalue weighted by Gasteiger charge is -2.41. The zero-order valence-electron chi connectivity index (χ0n) is 23.2. The molecular weight excluding hydrogens is 539 g/mol. The van der Waals surface area contributed by atoms with E-state index in [1.165, 1.54) is 17.3 Å². The van der Waals surface area contributed by atoms with Crippen LogP contribution in [-0.4, -0.2) is 67.6 Å². The highest BCUT2D eigenvalue weighted by Gasteiger charge is 2.36. The van der Waals surface area contributed by atoms with Crippen LogP contribution in [-0.2, 0) is 11.2 Å². The smallest absolute Gasteiger partial charge is 0.303 e. The molecule has 1 N–H and O–H groups in total. The van der Waals surface area contributed by atoms with E-state index in [-0.39, 0.29) is 11.8 Å². The minimum absolute atomic E-state index is 0.134. The van der Waals surface area contributed by atoms with Crippen LogP contribution in [0.5, 0.6) is 5.75 Å². The highest BCUT2D eigenvalue weighted by atomic mass is 32.2. The number of nitrogens with zero attached hydrogens (tertiary/aromatic N) is 3. The van der Waals surface area contributed by atoms with Crippen LogP contribution in [0.1, 0.15) is 37.7 Å². The number of carbonyl (C=O) groups is 1. The van der Waals surface area contributed by atoms with Gasteiger partial charge >= 0.3 is 5.97 Å². The summed E-state index contributed by atoms with van der Waals surface area (Å²) in [6.45, 7) is 2.22. The van der Waals surface area contributed by atoms with Crippen molar-refractivity contribution in [1.82, 2.24) is 9.88 Å². The van der Waals surface area contributed by atoms with Crippen molar-refractivity contribution < 1.29 is 27.8 Å². The molecule has 0 unspecified atom stereocenters. The zero-order chi connectivity index (χ0) is 28.9. The zero-order valence-corrected chi connectivity index (χ0v) is 24.0. The number of rotatable bonds is 12. The Morgan fingerprint density at radius 3 is 2.48 bits per heavy atom. The first-order valence-electron chi connectivity index (χ1n) is 13.5. The van der Waals surface area contributed by atoms with Gasteiger partial charge in [-0.1, -0.05) is 0 Å². The van der Waals surface area contributed by atoms with Crippen LogP contribution in [0.4, 0.5) is 18.9 Å². The molecule has 40 heavy (non-hydrogen) atoms. The number of likely N-dealkylation sites (tertiary alicyclic amines) is 1. The normalized spacial score (nSPS) is 15.3. The first kappa shape index (κ1) is 30.0. The number of ether oxygens (including phenoxy) is 1. The number of anilines is 1. The minimum Gasteiger partial charge on any atom is -0.497 e. The average molecular weight is 576 g/mol. The van der Waals surface area contributed by atoms with Gasteiger partial charge in [0.25, 0.3) is 0 Å². The van der Waals surface area contributed by atoms with Gasteiger partial charge in [0.05, 0.1) is 30.9 Å². The molecule has 0 aliphatic carbocycles. The van der Waals surface area contributed by atoms with E-state index in [0.29, 0.717) is 17.2 Å². The number of pyridine rings is 1. The summed E-state index contributed by atoms with van der Waals surface area (Å²) in [5, 5.41) is 10.8. The van der Waals surface area contributed by atoms with Crippen molar-refractivity contribution in [1.29, 1.82) is 0 Å². The Kier molecular flexibility index (Phi) is 9.84. The molecule has 1 saturated heterocycles. The van der Waals surface area contributed by atoms with Crippen LogP contribution in [0.15, 0.2) is 41.4 Å². The number of aromatic nitrogens is 1. The van der Waals surface area contributed by atoms with Gasteiger partial charge in [0.15, 0.2) is 17.5 Å². The van der Waals surface area contributed by atoms with Gasteiger partial charge in [-0.25, -0.2) is 13.2 Å². The van der Waals surface area contributed by atoms with E-state index in [1.807, 2.05) is 38.5 Å². The van der Waals surface area contributed by atoms with Crippen LogP contribution in [0.2, 0.25) is 0 Å². The van der Waals surface area contributed by atoms with Gasteiger partial charge in [-0.2, -0.15) is 0 Å². The molecule has 6 nitrogen and oxygen atoms in total. The second kappa shape index (κ2) is 13.1. The van der Waals surface area contributed by atoms with Gasteiger partial charge in [0.1, 0.15) is 5.75 Å². The number of piperidine rings is 1. The molecule has 0 bridgehead atoms. The number of thioether (sulfide) groups is 1. The summed E-state index contributed by atoms with van der Waals surface area (Å²) in [5.41, 5.74) is 2.85. The molecule has 1 aliphatic rings. The fourth-order valence-electron chi connectivity index (χ4n) is 5.63. The van der Waals surface area contributed by atoms with Crippen LogP contribution in [0, 0.1) is 22.9 Å². The number of hydrogen-bond donors (Lipinski definition) is 1. The molecule has 2 aromatic carbocycles. The van der Waals surface area contributed by atoms with Crippen molar-refractivity contribution in [3.63, 3.8) is 0 Å². The largest absolute Gasteiger partial charge is 0.497 e. The van der Waals surface area contributed by atoms with Crippen molar-refractivity contribution in [3.05, 3.63) is 59.5 Å². The molecule has 1 aromatic heterocycles. The number of carboxylic acid groups (broad SMARTS) is 1. The molecule has 1 aliphatic heterocycles. The van der Waals surface area contributed by atoms with E-state index < -0.39 is 23.4 Å². The highest BCUT2D eigenvalue weighted by Crippen LogP contribution is 2.41. The summed E-state index contributed by atoms with van der Waals surface area (Å²) in [6, 6.07) is 7.91. The highest BCUT2D eigenvalue weighted by molar-refractivity contribution is 7.99. The SMILES string of the molecule is COc1ccc2ncc(N(C)C)c(CCCC3(CC(=O)O)CCN(CCSc4cc(F)c(F)c(F)c4)CC3)c2c1. The van der Waals surface area contributed by atoms with E-state index in [4.69, 9.17) is 4.74 Å². The van der Waals surface area contributed by atoms with Gasteiger partial charge < -0.3 is 19.6 Å². The predicted octanol–water partition coefficient (Wildman–Crippen LogP) is 6.40. The third kappa shape index (κ3) is 7.20. The number of aryl methyl sites for hydroxylation is 1. The van der Waals surface area contributed by atoms with Crippen molar-refractivity contribution >= 4 is 34.3 Å². The molecule has 216 valence electrons. The van der Waals surface area contributed by atoms with Gasteiger partial charge in [-0.3, -0.25) is 9.78 Å². The van der Waals surface area contributed by atoms with E-state index in [1.54, 1.807) is 7.11 Å². The van der Waals surface area contributed by atoms with Crippen molar-refractivity contribution in [3.8, 4) is 5.75 Å². The van der Waals surface area contributed by atoms with Crippen LogP contribution in [0.25, 0.3) is 10.9 Å². The van der Waals surface area contributed by atoms with E-state index in [2.05, 4.69) is 14.8 Å². The molecule has 0 amide bonds. The fourth-order valence-corrected chi connectivity index (χ4v) is 6.59. The van der Waals surface area contributed by atoms with Gasteiger partial charge in [0.2, 0.25) is 0 Å². The Hall–Kier alpha value is -2.98. The summed E-state index contributed by atoms with van der Waals surface area (Å²) in [6.07, 6.45) is 6.02. The van der Waals surface area contributed by atoms with Crippen molar-refractivity contribution in [2.75, 3.05) is 51.5 Å². The Morgan fingerprint density at radius 1 is 1.15 bits per heavy atom. The van der Waals surface area contributed by atoms with E-state index in [9.17, 15) is 23.1 Å². The maximum Gasteiger partial charge on any atom is 0.303 e. The fraction of sp³-hybridized carbons (Fsp3) is 0.467. The number of halogens is 3. The van der Waals surface area contributed by atoms with Crippen LogP contribution < -0.4 is 9.64 Å². The Morgan fingerprint density at radius 2 is 1.85 bits per heavy atom. The molecule has 0 radical (unpaired) electrons. The van der Waals surface area contributed by atoms with Crippen molar-refractivity contribution in [2.45, 2.75) is 43.4 Å². The number of methoxy groups -OCH3 is 1. The number of aliphatic carboxylic acids is 1. The van der Waals surface area contributed by atoms with Crippen molar-refractivity contribution in [2.24, 2.45) is 5.41 Å². The molecular formula is C30H36F3N3O3S. The van der Waals surface area contributed by atoms with Gasteiger partial charge in [-0.05, 0) is 86.5 Å². The Balaban J connectivity index is 1.38.